The summed E-state index contributed by atoms with van der Waals surface area (Å²) in [5, 5.41) is 0. The zero-order valence-corrected chi connectivity index (χ0v) is 14.5. The summed E-state index contributed by atoms with van der Waals surface area (Å²) in [6.45, 7) is 8.24. The van der Waals surface area contributed by atoms with Crippen LogP contribution in [0, 0.1) is 12.4 Å². The largest absolute Gasteiger partial charge is 0.334 e. The lowest BCUT2D eigenvalue weighted by Crippen LogP contribution is -2.43. The van der Waals surface area contributed by atoms with Crippen molar-refractivity contribution in [2.45, 2.75) is 19.0 Å². The van der Waals surface area contributed by atoms with E-state index in [2.05, 4.69) is 9.83 Å². The Kier molecular flexibility index (Phi) is 4.43. The van der Waals surface area contributed by atoms with Gasteiger partial charge >= 0.3 is 0 Å². The average Bonchev–Trinajstić information content (AvgIpc) is 3.15. The lowest BCUT2D eigenvalue weighted by molar-refractivity contribution is -0.136. The predicted molar refractivity (Wildman–Crippen MR) is 98.6 cm³/mol. The first-order valence-electron chi connectivity index (χ1n) is 8.67. The van der Waals surface area contributed by atoms with E-state index in [1.54, 1.807) is 47.8 Å². The molecule has 27 heavy (non-hydrogen) atoms. The Balaban J connectivity index is 1.61. The summed E-state index contributed by atoms with van der Waals surface area (Å²) in [6.07, 6.45) is 4.08. The quantitative estimate of drug-likeness (QED) is 0.665. The SMILES string of the molecule is [C-]#[N+]c1cccc(C2C(=O)N(CCc3ccc(F)cc3)Cc3cncn32)c1. The Morgan fingerprint density at radius 2 is 2.04 bits per heavy atom. The van der Waals surface area contributed by atoms with Crippen LogP contribution >= 0.6 is 0 Å². The van der Waals surface area contributed by atoms with Crippen LogP contribution in [-0.2, 0) is 17.8 Å². The number of imidazole rings is 1. The Bertz CT molecular complexity index is 1020. The Morgan fingerprint density at radius 3 is 2.81 bits per heavy atom. The fraction of sp³-hybridized carbons (Fsp3) is 0.190. The van der Waals surface area contributed by atoms with Gasteiger partial charge in [0.25, 0.3) is 5.91 Å². The molecular weight excluding hydrogens is 343 g/mol. The summed E-state index contributed by atoms with van der Waals surface area (Å²) in [4.78, 5) is 22.7. The van der Waals surface area contributed by atoms with Crippen LogP contribution in [0.1, 0.15) is 22.9 Å². The highest BCUT2D eigenvalue weighted by Crippen LogP contribution is 2.30. The number of amides is 1. The number of hydrogen-bond acceptors (Lipinski definition) is 2. The third-order valence-electron chi connectivity index (χ3n) is 4.82. The second kappa shape index (κ2) is 7.04. The smallest absolute Gasteiger partial charge is 0.250 e. The Morgan fingerprint density at radius 1 is 1.22 bits per heavy atom. The maximum absolute atomic E-state index is 13.2. The monoisotopic (exact) mass is 360 g/mol. The molecule has 4 rings (SSSR count). The second-order valence-electron chi connectivity index (χ2n) is 6.54. The van der Waals surface area contributed by atoms with E-state index in [0.29, 0.717) is 25.2 Å². The number of rotatable bonds is 4. The molecule has 3 aromatic rings. The van der Waals surface area contributed by atoms with Gasteiger partial charge in [0, 0.05) is 12.7 Å². The molecule has 1 aromatic heterocycles. The third kappa shape index (κ3) is 3.32. The van der Waals surface area contributed by atoms with Crippen LogP contribution in [0.4, 0.5) is 10.1 Å². The van der Waals surface area contributed by atoms with E-state index in [9.17, 15) is 9.18 Å². The first-order valence-corrected chi connectivity index (χ1v) is 8.67. The van der Waals surface area contributed by atoms with E-state index in [1.165, 1.54) is 12.1 Å². The maximum Gasteiger partial charge on any atom is 0.250 e. The number of fused-ring (bicyclic) bond motifs is 1. The number of nitrogens with zero attached hydrogens (tertiary/aromatic N) is 4. The van der Waals surface area contributed by atoms with Crippen LogP contribution in [0.5, 0.6) is 0 Å². The zero-order chi connectivity index (χ0) is 18.8. The van der Waals surface area contributed by atoms with E-state index >= 15 is 0 Å². The summed E-state index contributed by atoms with van der Waals surface area (Å²) < 4.78 is 15.0. The van der Waals surface area contributed by atoms with E-state index < -0.39 is 6.04 Å². The van der Waals surface area contributed by atoms with Gasteiger partial charge in [0.15, 0.2) is 5.69 Å². The van der Waals surface area contributed by atoms with Crippen LogP contribution in [0.15, 0.2) is 61.1 Å². The summed E-state index contributed by atoms with van der Waals surface area (Å²) >= 11 is 0. The molecule has 1 amide bonds. The minimum absolute atomic E-state index is 0.0234. The highest BCUT2D eigenvalue weighted by Gasteiger charge is 2.33. The van der Waals surface area contributed by atoms with Crippen molar-refractivity contribution < 1.29 is 9.18 Å². The maximum atomic E-state index is 13.2. The van der Waals surface area contributed by atoms with E-state index in [1.807, 2.05) is 10.6 Å². The van der Waals surface area contributed by atoms with Crippen molar-refractivity contribution in [3.8, 4) is 0 Å². The third-order valence-corrected chi connectivity index (χ3v) is 4.82. The number of benzene rings is 2. The van der Waals surface area contributed by atoms with Crippen molar-refractivity contribution in [3.63, 3.8) is 0 Å². The molecule has 0 spiro atoms. The van der Waals surface area contributed by atoms with Crippen molar-refractivity contribution in [2.75, 3.05) is 6.54 Å². The second-order valence-corrected chi connectivity index (χ2v) is 6.54. The van der Waals surface area contributed by atoms with Gasteiger partial charge in [0.05, 0.1) is 25.1 Å². The number of aromatic nitrogens is 2. The van der Waals surface area contributed by atoms with Crippen molar-refractivity contribution in [1.29, 1.82) is 0 Å². The van der Waals surface area contributed by atoms with Crippen molar-refractivity contribution >= 4 is 11.6 Å². The lowest BCUT2D eigenvalue weighted by atomic mass is 10.0. The van der Waals surface area contributed by atoms with E-state index in [4.69, 9.17) is 6.57 Å². The van der Waals surface area contributed by atoms with E-state index in [-0.39, 0.29) is 11.7 Å². The zero-order valence-electron chi connectivity index (χ0n) is 14.5. The highest BCUT2D eigenvalue weighted by molar-refractivity contribution is 5.85. The van der Waals surface area contributed by atoms with Gasteiger partial charge in [-0.3, -0.25) is 4.79 Å². The van der Waals surface area contributed by atoms with Gasteiger partial charge in [-0.2, -0.15) is 0 Å². The summed E-state index contributed by atoms with van der Waals surface area (Å²) in [5.41, 5.74) is 3.21. The molecule has 1 aliphatic heterocycles. The number of halogens is 1. The predicted octanol–water partition coefficient (Wildman–Crippen LogP) is 3.75. The molecular formula is C21H17FN4O. The summed E-state index contributed by atoms with van der Waals surface area (Å²) in [5.74, 6) is -0.291. The van der Waals surface area contributed by atoms with Crippen LogP contribution in [0.25, 0.3) is 4.85 Å². The van der Waals surface area contributed by atoms with Gasteiger partial charge < -0.3 is 9.47 Å². The molecule has 0 radical (unpaired) electrons. The Labute approximate surface area is 156 Å². The standard InChI is InChI=1S/C21H17FN4O/c1-23-18-4-2-3-16(11-18)20-21(27)25(13-19-12-24-14-26(19)20)10-9-15-5-7-17(22)8-6-15/h2-8,11-12,14,20H,9-10,13H2. The van der Waals surface area contributed by atoms with Gasteiger partial charge in [0.1, 0.15) is 11.9 Å². The normalized spacial score (nSPS) is 16.1. The van der Waals surface area contributed by atoms with Crippen LogP contribution < -0.4 is 0 Å². The van der Waals surface area contributed by atoms with Crippen molar-refractivity contribution in [2.24, 2.45) is 0 Å². The molecule has 0 fully saturated rings. The van der Waals surface area contributed by atoms with Gasteiger partial charge in [0.2, 0.25) is 0 Å². The topological polar surface area (TPSA) is 42.5 Å². The molecule has 0 aliphatic carbocycles. The number of carbonyl (C=O) groups is 1. The number of hydrogen-bond donors (Lipinski definition) is 0. The van der Waals surface area contributed by atoms with Crippen LogP contribution in [0.3, 0.4) is 0 Å². The van der Waals surface area contributed by atoms with Crippen molar-refractivity contribution in [3.05, 3.63) is 95.1 Å². The Hall–Kier alpha value is -3.46. The molecule has 5 nitrogen and oxygen atoms in total. The molecule has 0 N–H and O–H groups in total. The highest BCUT2D eigenvalue weighted by atomic mass is 19.1. The average molecular weight is 360 g/mol. The molecule has 0 bridgehead atoms. The fourth-order valence-corrected chi connectivity index (χ4v) is 3.42. The van der Waals surface area contributed by atoms with Crippen molar-refractivity contribution in [1.82, 2.24) is 14.5 Å². The molecule has 0 saturated heterocycles. The molecule has 2 aromatic carbocycles. The summed E-state index contributed by atoms with van der Waals surface area (Å²) in [6, 6.07) is 13.0. The molecule has 0 saturated carbocycles. The minimum atomic E-state index is -0.522. The van der Waals surface area contributed by atoms with Gasteiger partial charge in [-0.25, -0.2) is 14.2 Å². The molecule has 2 heterocycles. The molecule has 134 valence electrons. The van der Waals surface area contributed by atoms with E-state index in [0.717, 1.165) is 16.8 Å². The van der Waals surface area contributed by atoms with Crippen LogP contribution in [-0.4, -0.2) is 26.9 Å². The first-order chi connectivity index (χ1) is 13.2. The lowest BCUT2D eigenvalue weighted by Gasteiger charge is -2.34. The summed E-state index contributed by atoms with van der Waals surface area (Å²) in [7, 11) is 0. The minimum Gasteiger partial charge on any atom is -0.334 e. The van der Waals surface area contributed by atoms with Gasteiger partial charge in [-0.05, 0) is 29.7 Å². The molecule has 1 unspecified atom stereocenters. The molecule has 1 aliphatic rings. The molecule has 6 heteroatoms. The number of carbonyl (C=O) groups excluding carboxylic acids is 1. The van der Waals surface area contributed by atoms with Gasteiger partial charge in [-0.15, -0.1) is 0 Å². The van der Waals surface area contributed by atoms with Crippen LogP contribution in [0.2, 0.25) is 0 Å². The van der Waals surface area contributed by atoms with Gasteiger partial charge in [-0.1, -0.05) is 36.4 Å². The molecule has 1 atom stereocenters. The first kappa shape index (κ1) is 17.0. The fourth-order valence-electron chi connectivity index (χ4n) is 3.42.